The number of nitrogens with zero attached hydrogens (tertiary/aromatic N) is 2. The number of primary amides is 1. The van der Waals surface area contributed by atoms with Crippen molar-refractivity contribution in [3.8, 4) is 11.1 Å². The minimum Gasteiger partial charge on any atom is -0.463 e. The molecule has 0 bridgehead atoms. The fraction of sp³-hybridized carbons (Fsp3) is 0.235. The highest BCUT2D eigenvalue weighted by Gasteiger charge is 2.19. The molecule has 2 heterocycles. The highest BCUT2D eigenvalue weighted by atomic mass is 19.1. The fourth-order valence-electron chi connectivity index (χ4n) is 2.76. The van der Waals surface area contributed by atoms with Gasteiger partial charge >= 0.3 is 0 Å². The van der Waals surface area contributed by atoms with Crippen LogP contribution in [0.1, 0.15) is 22.3 Å². The van der Waals surface area contributed by atoms with Gasteiger partial charge in [0.05, 0.1) is 11.6 Å². The van der Waals surface area contributed by atoms with E-state index in [0.717, 1.165) is 17.5 Å². The molecule has 1 aliphatic heterocycles. The van der Waals surface area contributed by atoms with Crippen LogP contribution in [0.2, 0.25) is 0 Å². The number of ether oxygens (including phenoxy) is 1. The average Bonchev–Trinajstić information content (AvgIpc) is 2.98. The van der Waals surface area contributed by atoms with Gasteiger partial charge in [-0.05, 0) is 24.0 Å². The molecule has 124 valence electrons. The van der Waals surface area contributed by atoms with Crippen molar-refractivity contribution < 1.29 is 13.9 Å². The maximum atomic E-state index is 13.6. The van der Waals surface area contributed by atoms with E-state index < -0.39 is 11.9 Å². The molecule has 24 heavy (non-hydrogen) atoms. The number of aromatic nitrogens is 1. The van der Waals surface area contributed by atoms with Crippen LogP contribution < -0.4 is 11.5 Å². The molecule has 1 atom stereocenters. The second kappa shape index (κ2) is 6.66. The third kappa shape index (κ3) is 3.34. The lowest BCUT2D eigenvalue weighted by atomic mass is 9.93. The van der Waals surface area contributed by atoms with Gasteiger partial charge in [0.15, 0.2) is 0 Å². The smallest absolute Gasteiger partial charge is 0.282 e. The first-order valence-corrected chi connectivity index (χ1v) is 7.54. The van der Waals surface area contributed by atoms with Gasteiger partial charge in [-0.15, -0.1) is 0 Å². The lowest BCUT2D eigenvalue weighted by Crippen LogP contribution is -2.14. The molecule has 0 fully saturated rings. The molecular weight excluding hydrogens is 311 g/mol. The Kier molecular flexibility index (Phi) is 4.41. The van der Waals surface area contributed by atoms with E-state index >= 15 is 0 Å². The number of halogens is 1. The number of hydrogen-bond acceptors (Lipinski definition) is 5. The first-order valence-electron chi connectivity index (χ1n) is 7.54. The first kappa shape index (κ1) is 15.9. The number of hydrogen-bond donors (Lipinski definition) is 2. The molecule has 2 aromatic rings. The number of aliphatic imine (C=N–C) groups is 1. The molecule has 1 aromatic heterocycles. The molecule has 0 saturated carbocycles. The zero-order valence-corrected chi connectivity index (χ0v) is 12.9. The Balaban J connectivity index is 1.92. The third-order valence-corrected chi connectivity index (χ3v) is 3.92. The Bertz CT molecular complexity index is 807. The minimum absolute atomic E-state index is 0.00263. The van der Waals surface area contributed by atoms with Crippen molar-refractivity contribution >= 4 is 11.9 Å². The molecular formula is C17H17FN4O2. The Morgan fingerprint density at radius 1 is 1.33 bits per heavy atom. The summed E-state index contributed by atoms with van der Waals surface area (Å²) >= 11 is 0. The molecule has 1 aromatic carbocycles. The lowest BCUT2D eigenvalue weighted by molar-refractivity contribution is 0.100. The van der Waals surface area contributed by atoms with Crippen LogP contribution in [0.15, 0.2) is 41.5 Å². The van der Waals surface area contributed by atoms with Gasteiger partial charge in [0.1, 0.15) is 6.61 Å². The summed E-state index contributed by atoms with van der Waals surface area (Å²) in [5, 5.41) is 0. The van der Waals surface area contributed by atoms with Gasteiger partial charge < -0.3 is 16.2 Å². The Hall–Kier alpha value is -2.96. The number of amides is 1. The van der Waals surface area contributed by atoms with E-state index in [1.54, 1.807) is 0 Å². The fourth-order valence-corrected chi connectivity index (χ4v) is 2.76. The summed E-state index contributed by atoms with van der Waals surface area (Å²) in [5.74, 6) is -1.31. The summed E-state index contributed by atoms with van der Waals surface area (Å²) in [6.45, 7) is 0.463. The number of carbonyl (C=O) groups is 1. The Morgan fingerprint density at radius 2 is 2.12 bits per heavy atom. The molecule has 1 aliphatic rings. The van der Waals surface area contributed by atoms with Gasteiger partial charge in [-0.1, -0.05) is 24.3 Å². The van der Waals surface area contributed by atoms with Crippen LogP contribution in [0.5, 0.6) is 0 Å². The van der Waals surface area contributed by atoms with E-state index in [1.807, 2.05) is 24.3 Å². The third-order valence-electron chi connectivity index (χ3n) is 3.92. The second-order valence-corrected chi connectivity index (χ2v) is 5.54. The van der Waals surface area contributed by atoms with Crippen LogP contribution in [0, 0.1) is 5.95 Å². The summed E-state index contributed by atoms with van der Waals surface area (Å²) in [5.41, 5.74) is 13.3. The van der Waals surface area contributed by atoms with Crippen LogP contribution in [0.3, 0.4) is 0 Å². The Morgan fingerprint density at radius 3 is 2.83 bits per heavy atom. The van der Waals surface area contributed by atoms with Gasteiger partial charge in [0, 0.05) is 17.8 Å². The molecule has 1 amide bonds. The number of benzene rings is 1. The quantitative estimate of drug-likeness (QED) is 0.814. The van der Waals surface area contributed by atoms with Crippen molar-refractivity contribution in [2.45, 2.75) is 18.9 Å². The summed E-state index contributed by atoms with van der Waals surface area (Å²) in [6.07, 6.45) is 2.58. The van der Waals surface area contributed by atoms with Gasteiger partial charge in [-0.3, -0.25) is 4.79 Å². The number of amidine groups is 1. The SMILES string of the molecule is NC(=O)c1cnc(F)cc1-c1ccccc1CCC1COC(N)=N1. The van der Waals surface area contributed by atoms with E-state index in [2.05, 4.69) is 9.98 Å². The number of nitrogens with two attached hydrogens (primary N) is 2. The van der Waals surface area contributed by atoms with Crippen LogP contribution in [-0.2, 0) is 11.2 Å². The molecule has 6 nitrogen and oxygen atoms in total. The van der Waals surface area contributed by atoms with Crippen molar-refractivity contribution in [1.82, 2.24) is 4.98 Å². The zero-order valence-electron chi connectivity index (χ0n) is 12.9. The molecule has 0 aliphatic carbocycles. The predicted octanol–water partition coefficient (Wildman–Crippen LogP) is 1.63. The van der Waals surface area contributed by atoms with E-state index in [1.165, 1.54) is 12.3 Å². The number of aryl methyl sites for hydroxylation is 1. The summed E-state index contributed by atoms with van der Waals surface area (Å²) in [7, 11) is 0. The molecule has 4 N–H and O–H groups in total. The van der Waals surface area contributed by atoms with Gasteiger partial charge in [0.25, 0.3) is 11.9 Å². The monoisotopic (exact) mass is 328 g/mol. The molecule has 0 radical (unpaired) electrons. The van der Waals surface area contributed by atoms with E-state index in [9.17, 15) is 9.18 Å². The van der Waals surface area contributed by atoms with E-state index in [4.69, 9.17) is 16.2 Å². The van der Waals surface area contributed by atoms with Crippen molar-refractivity contribution in [3.63, 3.8) is 0 Å². The topological polar surface area (TPSA) is 104 Å². The van der Waals surface area contributed by atoms with E-state index in [-0.39, 0.29) is 17.6 Å². The number of carbonyl (C=O) groups excluding carboxylic acids is 1. The summed E-state index contributed by atoms with van der Waals surface area (Å²) in [4.78, 5) is 19.3. The summed E-state index contributed by atoms with van der Waals surface area (Å²) < 4.78 is 18.7. The highest BCUT2D eigenvalue weighted by molar-refractivity contribution is 5.99. The largest absolute Gasteiger partial charge is 0.463 e. The van der Waals surface area contributed by atoms with Crippen molar-refractivity contribution in [2.24, 2.45) is 16.5 Å². The molecule has 7 heteroatoms. The maximum Gasteiger partial charge on any atom is 0.282 e. The van der Waals surface area contributed by atoms with Crippen LogP contribution >= 0.6 is 0 Å². The van der Waals surface area contributed by atoms with Gasteiger partial charge in [-0.25, -0.2) is 9.98 Å². The van der Waals surface area contributed by atoms with Crippen LogP contribution in [-0.4, -0.2) is 29.6 Å². The van der Waals surface area contributed by atoms with Crippen molar-refractivity contribution in [1.29, 1.82) is 0 Å². The normalized spacial score (nSPS) is 16.5. The molecule has 0 spiro atoms. The van der Waals surface area contributed by atoms with Crippen LogP contribution in [0.4, 0.5) is 4.39 Å². The average molecular weight is 328 g/mol. The maximum absolute atomic E-state index is 13.6. The molecule has 0 saturated heterocycles. The van der Waals surface area contributed by atoms with Gasteiger partial charge in [0.2, 0.25) is 5.95 Å². The number of rotatable bonds is 5. The summed E-state index contributed by atoms with van der Waals surface area (Å²) in [6, 6.07) is 8.93. The van der Waals surface area contributed by atoms with Crippen molar-refractivity contribution in [2.75, 3.05) is 6.61 Å². The van der Waals surface area contributed by atoms with Crippen molar-refractivity contribution in [3.05, 3.63) is 53.6 Å². The lowest BCUT2D eigenvalue weighted by Gasteiger charge is -2.13. The van der Waals surface area contributed by atoms with Gasteiger partial charge in [-0.2, -0.15) is 4.39 Å². The first-order chi connectivity index (χ1) is 11.5. The molecule has 1 unspecified atom stereocenters. The zero-order chi connectivity index (χ0) is 17.1. The van der Waals surface area contributed by atoms with E-state index in [0.29, 0.717) is 18.6 Å². The minimum atomic E-state index is -0.661. The second-order valence-electron chi connectivity index (χ2n) is 5.54. The van der Waals surface area contributed by atoms with Crippen LogP contribution in [0.25, 0.3) is 11.1 Å². The molecule has 3 rings (SSSR count). The number of pyridine rings is 1. The predicted molar refractivity (Wildman–Crippen MR) is 87.8 cm³/mol. The standard InChI is InChI=1S/C17H17FN4O2/c18-15-7-13(14(8-21-15)16(19)23)12-4-2-1-3-10(12)5-6-11-9-24-17(20)22-11/h1-4,7-8,11H,5-6,9H2,(H2,19,23)(H2,20,22). The highest BCUT2D eigenvalue weighted by Crippen LogP contribution is 2.28. The Labute approximate surface area is 138 Å².